The van der Waals surface area contributed by atoms with E-state index in [4.69, 9.17) is 0 Å². The lowest BCUT2D eigenvalue weighted by Crippen LogP contribution is -2.39. The summed E-state index contributed by atoms with van der Waals surface area (Å²) in [6.45, 7) is 1.51. The van der Waals surface area contributed by atoms with Gasteiger partial charge in [-0.1, -0.05) is 0 Å². The molecule has 1 aliphatic rings. The molecule has 4 rings (SSSR count). The molecule has 112 valence electrons. The molecule has 22 heavy (non-hydrogen) atoms. The Morgan fingerprint density at radius 2 is 2.18 bits per heavy atom. The lowest BCUT2D eigenvalue weighted by Gasteiger charge is -2.32. The van der Waals surface area contributed by atoms with Crippen molar-refractivity contribution in [3.8, 4) is 0 Å². The standard InChI is InChI=1S/C15H15N5OS/c21-14(12-9-22-10-18-12)19-6-1-2-11(8-19)13-3-4-16-15-17-5-7-20(13)15/h3-5,7,9-11H,1-2,6,8H2. The van der Waals surface area contributed by atoms with Crippen LogP contribution in [-0.4, -0.2) is 43.2 Å². The number of thiazole rings is 1. The number of carbonyl (C=O) groups is 1. The molecule has 0 radical (unpaired) electrons. The third kappa shape index (κ3) is 2.27. The smallest absolute Gasteiger partial charge is 0.273 e. The Morgan fingerprint density at radius 3 is 3.05 bits per heavy atom. The molecule has 0 bridgehead atoms. The van der Waals surface area contributed by atoms with E-state index in [9.17, 15) is 4.79 Å². The average molecular weight is 313 g/mol. The first-order valence-electron chi connectivity index (χ1n) is 7.28. The molecule has 0 saturated carbocycles. The monoisotopic (exact) mass is 313 g/mol. The maximum absolute atomic E-state index is 12.5. The van der Waals surface area contributed by atoms with Crippen molar-refractivity contribution in [2.75, 3.05) is 13.1 Å². The number of hydrogen-bond acceptors (Lipinski definition) is 5. The van der Waals surface area contributed by atoms with Crippen LogP contribution in [-0.2, 0) is 0 Å². The Balaban J connectivity index is 1.61. The zero-order valence-corrected chi connectivity index (χ0v) is 12.7. The first-order chi connectivity index (χ1) is 10.8. The van der Waals surface area contributed by atoms with E-state index >= 15 is 0 Å². The summed E-state index contributed by atoms with van der Waals surface area (Å²) in [5.41, 5.74) is 3.42. The van der Waals surface area contributed by atoms with Gasteiger partial charge in [-0.2, -0.15) is 0 Å². The van der Waals surface area contributed by atoms with Crippen molar-refractivity contribution >= 4 is 23.0 Å². The van der Waals surface area contributed by atoms with E-state index in [1.807, 2.05) is 26.9 Å². The number of piperidine rings is 1. The van der Waals surface area contributed by atoms with Crippen LogP contribution in [0.15, 0.2) is 35.5 Å². The van der Waals surface area contributed by atoms with Gasteiger partial charge in [-0.25, -0.2) is 15.0 Å². The second-order valence-electron chi connectivity index (χ2n) is 5.43. The number of fused-ring (bicyclic) bond motifs is 1. The Morgan fingerprint density at radius 1 is 1.27 bits per heavy atom. The normalized spacial score (nSPS) is 18.7. The van der Waals surface area contributed by atoms with Gasteiger partial charge >= 0.3 is 0 Å². The molecular formula is C15H15N5OS. The van der Waals surface area contributed by atoms with Crippen LogP contribution in [0.4, 0.5) is 0 Å². The van der Waals surface area contributed by atoms with Crippen LogP contribution in [0.1, 0.15) is 34.9 Å². The molecule has 0 N–H and O–H groups in total. The van der Waals surface area contributed by atoms with Crippen LogP contribution in [0, 0.1) is 0 Å². The lowest BCUT2D eigenvalue weighted by molar-refractivity contribution is 0.0700. The van der Waals surface area contributed by atoms with Crippen LogP contribution in [0.3, 0.4) is 0 Å². The number of imidazole rings is 1. The molecule has 0 aromatic carbocycles. The molecule has 1 amide bonds. The number of hydrogen-bond donors (Lipinski definition) is 0. The molecule has 1 unspecified atom stereocenters. The summed E-state index contributed by atoms with van der Waals surface area (Å²) in [5, 5.41) is 1.81. The summed E-state index contributed by atoms with van der Waals surface area (Å²) < 4.78 is 2.02. The van der Waals surface area contributed by atoms with Crippen LogP contribution in [0.5, 0.6) is 0 Å². The van der Waals surface area contributed by atoms with Gasteiger partial charge in [0.1, 0.15) is 5.69 Å². The Labute approximate surface area is 131 Å². The summed E-state index contributed by atoms with van der Waals surface area (Å²) in [4.78, 5) is 27.0. The van der Waals surface area contributed by atoms with E-state index in [1.165, 1.54) is 17.0 Å². The van der Waals surface area contributed by atoms with Crippen LogP contribution < -0.4 is 0 Å². The molecule has 4 heterocycles. The molecule has 1 fully saturated rings. The number of carbonyl (C=O) groups excluding carboxylic acids is 1. The highest BCUT2D eigenvalue weighted by atomic mass is 32.1. The maximum Gasteiger partial charge on any atom is 0.273 e. The summed E-state index contributed by atoms with van der Waals surface area (Å²) in [6, 6.07) is 2.02. The van der Waals surface area contributed by atoms with Gasteiger partial charge in [0.05, 0.1) is 5.51 Å². The first-order valence-corrected chi connectivity index (χ1v) is 8.22. The zero-order chi connectivity index (χ0) is 14.9. The van der Waals surface area contributed by atoms with Crippen LogP contribution >= 0.6 is 11.3 Å². The van der Waals surface area contributed by atoms with Gasteiger partial charge in [0.2, 0.25) is 5.78 Å². The molecule has 1 aliphatic heterocycles. The lowest BCUT2D eigenvalue weighted by atomic mass is 9.94. The van der Waals surface area contributed by atoms with E-state index in [-0.39, 0.29) is 5.91 Å². The highest BCUT2D eigenvalue weighted by Crippen LogP contribution is 2.27. The van der Waals surface area contributed by atoms with E-state index in [0.29, 0.717) is 23.9 Å². The van der Waals surface area contributed by atoms with Gasteiger partial charge in [-0.15, -0.1) is 11.3 Å². The highest BCUT2D eigenvalue weighted by molar-refractivity contribution is 7.07. The summed E-state index contributed by atoms with van der Waals surface area (Å²) in [5.74, 6) is 1.04. The molecular weight excluding hydrogens is 298 g/mol. The number of rotatable bonds is 2. The fraction of sp³-hybridized carbons (Fsp3) is 0.333. The van der Waals surface area contributed by atoms with E-state index in [0.717, 1.165) is 19.4 Å². The predicted molar refractivity (Wildman–Crippen MR) is 83.0 cm³/mol. The van der Waals surface area contributed by atoms with Crippen LogP contribution in [0.25, 0.3) is 5.78 Å². The second kappa shape index (κ2) is 5.49. The quantitative estimate of drug-likeness (QED) is 0.727. The van der Waals surface area contributed by atoms with E-state index in [2.05, 4.69) is 15.0 Å². The Hall–Kier alpha value is -2.28. The fourth-order valence-electron chi connectivity index (χ4n) is 3.07. The number of likely N-dealkylation sites (tertiary alicyclic amines) is 1. The molecule has 1 atom stereocenters. The van der Waals surface area contributed by atoms with Crippen molar-refractivity contribution in [3.05, 3.63) is 46.9 Å². The number of nitrogens with zero attached hydrogens (tertiary/aromatic N) is 5. The van der Waals surface area contributed by atoms with Gasteiger partial charge in [0, 0.05) is 48.7 Å². The van der Waals surface area contributed by atoms with Gasteiger partial charge in [0.15, 0.2) is 0 Å². The van der Waals surface area contributed by atoms with E-state index < -0.39 is 0 Å². The second-order valence-corrected chi connectivity index (χ2v) is 6.15. The van der Waals surface area contributed by atoms with Crippen molar-refractivity contribution in [1.82, 2.24) is 24.3 Å². The largest absolute Gasteiger partial charge is 0.337 e. The third-order valence-electron chi connectivity index (χ3n) is 4.11. The minimum Gasteiger partial charge on any atom is -0.337 e. The molecule has 0 aliphatic carbocycles. The topological polar surface area (TPSA) is 63.4 Å². The Kier molecular flexibility index (Phi) is 3.34. The van der Waals surface area contributed by atoms with Crippen molar-refractivity contribution in [3.63, 3.8) is 0 Å². The van der Waals surface area contributed by atoms with Crippen molar-refractivity contribution in [2.24, 2.45) is 0 Å². The maximum atomic E-state index is 12.5. The van der Waals surface area contributed by atoms with Crippen LogP contribution in [0.2, 0.25) is 0 Å². The third-order valence-corrected chi connectivity index (χ3v) is 4.70. The minimum atomic E-state index is 0.0295. The number of amides is 1. The summed E-state index contributed by atoms with van der Waals surface area (Å²) in [6.07, 6.45) is 7.54. The molecule has 3 aromatic heterocycles. The van der Waals surface area contributed by atoms with E-state index in [1.54, 1.807) is 17.9 Å². The Bertz CT molecular complexity index is 797. The number of aromatic nitrogens is 4. The molecule has 0 spiro atoms. The summed E-state index contributed by atoms with van der Waals surface area (Å²) >= 11 is 1.45. The molecule has 7 heteroatoms. The SMILES string of the molecule is O=C(c1cscn1)N1CCCC(c2ccnc3nccn23)C1. The highest BCUT2D eigenvalue weighted by Gasteiger charge is 2.27. The molecule has 1 saturated heterocycles. The van der Waals surface area contributed by atoms with Gasteiger partial charge in [0.25, 0.3) is 5.91 Å². The van der Waals surface area contributed by atoms with Crippen molar-refractivity contribution in [1.29, 1.82) is 0 Å². The minimum absolute atomic E-state index is 0.0295. The van der Waals surface area contributed by atoms with Gasteiger partial charge < -0.3 is 4.90 Å². The fourth-order valence-corrected chi connectivity index (χ4v) is 3.60. The summed E-state index contributed by atoms with van der Waals surface area (Å²) in [7, 11) is 0. The van der Waals surface area contributed by atoms with Gasteiger partial charge in [-0.3, -0.25) is 9.20 Å². The zero-order valence-electron chi connectivity index (χ0n) is 11.9. The van der Waals surface area contributed by atoms with Crippen molar-refractivity contribution in [2.45, 2.75) is 18.8 Å². The molecule has 6 nitrogen and oxygen atoms in total. The van der Waals surface area contributed by atoms with Gasteiger partial charge in [-0.05, 0) is 18.9 Å². The predicted octanol–water partition coefficient (Wildman–Crippen LogP) is 2.21. The van der Waals surface area contributed by atoms with Crippen molar-refractivity contribution < 1.29 is 4.79 Å². The average Bonchev–Trinajstić information content (AvgIpc) is 3.25. The molecule has 3 aromatic rings. The first kappa shape index (κ1) is 13.4.